The number of thiazole rings is 1. The Hall–Kier alpha value is -2.20. The van der Waals surface area contributed by atoms with Crippen LogP contribution in [-0.4, -0.2) is 23.0 Å². The van der Waals surface area contributed by atoms with E-state index >= 15 is 0 Å². The first kappa shape index (κ1) is 24.1. The lowest BCUT2D eigenvalue weighted by atomic mass is 10.1. The zero-order valence-corrected chi connectivity index (χ0v) is 21.1. The highest BCUT2D eigenvalue weighted by atomic mass is 127. The predicted octanol–water partition coefficient (Wildman–Crippen LogP) is 5.05. The molecule has 0 unspecified atom stereocenters. The largest absolute Gasteiger partial charge is 0.439 e. The van der Waals surface area contributed by atoms with E-state index in [-0.39, 0.29) is 24.0 Å². The summed E-state index contributed by atoms with van der Waals surface area (Å²) in [5.41, 5.74) is 4.58. The van der Waals surface area contributed by atoms with Crippen LogP contribution in [0.25, 0.3) is 0 Å². The first-order chi connectivity index (χ1) is 13.9. The van der Waals surface area contributed by atoms with Gasteiger partial charge in [-0.15, -0.1) is 35.3 Å². The molecule has 8 heteroatoms. The second-order valence-electron chi connectivity index (χ2n) is 6.88. The van der Waals surface area contributed by atoms with E-state index < -0.39 is 0 Å². The normalized spacial score (nSPS) is 11.0. The molecule has 0 aliphatic carbocycles. The van der Waals surface area contributed by atoms with E-state index in [1.807, 2.05) is 31.2 Å². The quantitative estimate of drug-likeness (QED) is 0.262. The smallest absolute Gasteiger partial charge is 0.219 e. The van der Waals surface area contributed by atoms with Crippen LogP contribution in [0.4, 0.5) is 0 Å². The summed E-state index contributed by atoms with van der Waals surface area (Å²) < 4.78 is 5.92. The molecule has 0 amide bonds. The maximum absolute atomic E-state index is 5.92. The number of guanidine groups is 1. The fraction of sp³-hybridized carbons (Fsp3) is 0.318. The first-order valence-corrected chi connectivity index (χ1v) is 10.3. The average molecular weight is 537 g/mol. The molecule has 2 N–H and O–H groups in total. The van der Waals surface area contributed by atoms with Gasteiger partial charge in [-0.05, 0) is 62.6 Å². The molecule has 3 aromatic rings. The van der Waals surface area contributed by atoms with E-state index in [2.05, 4.69) is 52.4 Å². The van der Waals surface area contributed by atoms with E-state index in [0.29, 0.717) is 19.0 Å². The number of benzene rings is 1. The van der Waals surface area contributed by atoms with Crippen molar-refractivity contribution in [3.05, 3.63) is 68.8 Å². The second-order valence-corrected chi connectivity index (χ2v) is 8.17. The zero-order valence-electron chi connectivity index (χ0n) is 17.9. The molecule has 160 valence electrons. The standard InChI is InChI=1S/C22H27N5OS.HI/c1-14-6-7-19(10-15(14)2)28-20-11-18(8-9-24-20)12-25-22(23-5)26-13-21-27-16(3)17(4)29-21;/h6-11H,12-13H2,1-5H3,(H2,23,25,26);1H. The Bertz CT molecular complexity index is 999. The number of nitrogens with zero attached hydrogens (tertiary/aromatic N) is 3. The highest BCUT2D eigenvalue weighted by Gasteiger charge is 2.06. The highest BCUT2D eigenvalue weighted by molar-refractivity contribution is 14.0. The fourth-order valence-electron chi connectivity index (χ4n) is 2.69. The van der Waals surface area contributed by atoms with Crippen LogP contribution < -0.4 is 15.4 Å². The Morgan fingerprint density at radius 2 is 1.80 bits per heavy atom. The van der Waals surface area contributed by atoms with Gasteiger partial charge in [0, 0.05) is 30.7 Å². The topological polar surface area (TPSA) is 71.4 Å². The average Bonchev–Trinajstić information content (AvgIpc) is 3.03. The van der Waals surface area contributed by atoms with E-state index in [9.17, 15) is 0 Å². The van der Waals surface area contributed by atoms with Crippen molar-refractivity contribution >= 4 is 41.3 Å². The number of nitrogens with one attached hydrogen (secondary N) is 2. The molecule has 0 fully saturated rings. The second kappa shape index (κ2) is 11.3. The number of pyridine rings is 1. The van der Waals surface area contributed by atoms with Crippen LogP contribution >= 0.6 is 35.3 Å². The Morgan fingerprint density at radius 3 is 2.47 bits per heavy atom. The minimum absolute atomic E-state index is 0. The van der Waals surface area contributed by atoms with Gasteiger partial charge in [-0.25, -0.2) is 9.97 Å². The molecule has 0 atom stereocenters. The number of aromatic nitrogens is 2. The van der Waals surface area contributed by atoms with Gasteiger partial charge >= 0.3 is 0 Å². The minimum Gasteiger partial charge on any atom is -0.439 e. The van der Waals surface area contributed by atoms with Gasteiger partial charge in [0.25, 0.3) is 0 Å². The number of hydrogen-bond donors (Lipinski definition) is 2. The molecule has 2 aromatic heterocycles. The van der Waals surface area contributed by atoms with Crippen molar-refractivity contribution < 1.29 is 4.74 Å². The van der Waals surface area contributed by atoms with Crippen molar-refractivity contribution in [2.45, 2.75) is 40.8 Å². The third kappa shape index (κ3) is 6.66. The van der Waals surface area contributed by atoms with Crippen LogP contribution in [-0.2, 0) is 13.1 Å². The molecule has 0 saturated heterocycles. The lowest BCUT2D eigenvalue weighted by Gasteiger charge is -2.12. The Morgan fingerprint density at radius 1 is 1.03 bits per heavy atom. The number of aryl methyl sites for hydroxylation is 4. The summed E-state index contributed by atoms with van der Waals surface area (Å²) >= 11 is 1.70. The molecule has 30 heavy (non-hydrogen) atoms. The van der Waals surface area contributed by atoms with Crippen LogP contribution in [0.2, 0.25) is 0 Å². The van der Waals surface area contributed by atoms with Crippen molar-refractivity contribution in [2.24, 2.45) is 4.99 Å². The summed E-state index contributed by atoms with van der Waals surface area (Å²) in [6.45, 7) is 9.54. The minimum atomic E-state index is 0. The van der Waals surface area contributed by atoms with Crippen molar-refractivity contribution in [1.29, 1.82) is 0 Å². The summed E-state index contributed by atoms with van der Waals surface area (Å²) in [6, 6.07) is 9.93. The molecule has 6 nitrogen and oxygen atoms in total. The number of halogens is 1. The van der Waals surface area contributed by atoms with Gasteiger partial charge in [0.2, 0.25) is 5.88 Å². The van der Waals surface area contributed by atoms with Gasteiger partial charge in [-0.1, -0.05) is 6.07 Å². The maximum Gasteiger partial charge on any atom is 0.219 e. The molecular formula is C22H28IN5OS. The highest BCUT2D eigenvalue weighted by Crippen LogP contribution is 2.22. The van der Waals surface area contributed by atoms with Gasteiger partial charge in [-0.3, -0.25) is 4.99 Å². The summed E-state index contributed by atoms with van der Waals surface area (Å²) in [4.78, 5) is 14.4. The molecule has 0 aliphatic heterocycles. The molecule has 0 aliphatic rings. The predicted molar refractivity (Wildman–Crippen MR) is 134 cm³/mol. The zero-order chi connectivity index (χ0) is 20.8. The van der Waals surface area contributed by atoms with Crippen LogP contribution in [0.15, 0.2) is 41.5 Å². The lowest BCUT2D eigenvalue weighted by molar-refractivity contribution is 0.461. The van der Waals surface area contributed by atoms with Crippen molar-refractivity contribution in [2.75, 3.05) is 7.05 Å². The van der Waals surface area contributed by atoms with E-state index in [0.717, 1.165) is 28.0 Å². The molecule has 3 rings (SSSR count). The van der Waals surface area contributed by atoms with Crippen LogP contribution in [0.5, 0.6) is 11.6 Å². The summed E-state index contributed by atoms with van der Waals surface area (Å²) in [5, 5.41) is 7.67. The SMILES string of the molecule is CN=C(NCc1ccnc(Oc2ccc(C)c(C)c2)c1)NCc1nc(C)c(C)s1.I. The summed E-state index contributed by atoms with van der Waals surface area (Å²) in [6.07, 6.45) is 1.75. The Kier molecular flexibility index (Phi) is 9.04. The summed E-state index contributed by atoms with van der Waals surface area (Å²) in [7, 11) is 1.76. The molecule has 1 aromatic carbocycles. The van der Waals surface area contributed by atoms with E-state index in [4.69, 9.17) is 4.74 Å². The molecule has 0 saturated carbocycles. The van der Waals surface area contributed by atoms with Crippen molar-refractivity contribution in [1.82, 2.24) is 20.6 Å². The number of ether oxygens (including phenoxy) is 1. The lowest BCUT2D eigenvalue weighted by Crippen LogP contribution is -2.36. The van der Waals surface area contributed by atoms with Gasteiger partial charge < -0.3 is 15.4 Å². The fourth-order valence-corrected chi connectivity index (χ4v) is 3.57. The molecule has 0 spiro atoms. The summed E-state index contributed by atoms with van der Waals surface area (Å²) in [5.74, 6) is 2.09. The van der Waals surface area contributed by atoms with Crippen molar-refractivity contribution in [3.63, 3.8) is 0 Å². The molecule has 0 bridgehead atoms. The molecular weight excluding hydrogens is 509 g/mol. The number of rotatable bonds is 6. The van der Waals surface area contributed by atoms with E-state index in [1.165, 1.54) is 16.0 Å². The Balaban J connectivity index is 0.00000320. The third-order valence-corrected chi connectivity index (χ3v) is 5.74. The van der Waals surface area contributed by atoms with Crippen LogP contribution in [0.3, 0.4) is 0 Å². The molecule has 0 radical (unpaired) electrons. The maximum atomic E-state index is 5.92. The van der Waals surface area contributed by atoms with Gasteiger partial charge in [0.05, 0.1) is 12.2 Å². The van der Waals surface area contributed by atoms with Crippen molar-refractivity contribution in [3.8, 4) is 11.6 Å². The third-order valence-electron chi connectivity index (χ3n) is 4.66. The van der Waals surface area contributed by atoms with Crippen LogP contribution in [0, 0.1) is 27.7 Å². The number of hydrogen-bond acceptors (Lipinski definition) is 5. The molecule has 2 heterocycles. The van der Waals surface area contributed by atoms with Gasteiger partial charge in [0.1, 0.15) is 10.8 Å². The number of aliphatic imine (C=N–C) groups is 1. The first-order valence-electron chi connectivity index (χ1n) is 9.52. The van der Waals surface area contributed by atoms with Gasteiger partial charge in [0.15, 0.2) is 5.96 Å². The monoisotopic (exact) mass is 537 g/mol. The van der Waals surface area contributed by atoms with Gasteiger partial charge in [-0.2, -0.15) is 0 Å². The Labute approximate surface area is 199 Å². The van der Waals surface area contributed by atoms with Crippen LogP contribution in [0.1, 0.15) is 32.3 Å². The van der Waals surface area contributed by atoms with E-state index in [1.54, 1.807) is 24.6 Å².